The molecule has 0 saturated carbocycles. The van der Waals surface area contributed by atoms with Crippen molar-refractivity contribution in [2.24, 2.45) is 0 Å². The Bertz CT molecular complexity index is 1040. The smallest absolute Gasteiger partial charge is 0.104 e. The Hall–Kier alpha value is -0.840. The average molecular weight is 1150 g/mol. The molecule has 6 unspecified atom stereocenters. The van der Waals surface area contributed by atoms with Crippen molar-refractivity contribution in [1.29, 1.82) is 0 Å². The molecule has 0 amide bonds. The van der Waals surface area contributed by atoms with Crippen LogP contribution in [0.25, 0.3) is 0 Å². The van der Waals surface area contributed by atoms with Gasteiger partial charge in [0.2, 0.25) is 0 Å². The van der Waals surface area contributed by atoms with Crippen LogP contribution in [-0.4, -0.2) is 274 Å². The maximum atomic E-state index is 6.58. The molecule has 21 heteroatoms. The number of hydrogen-bond donors (Lipinski definition) is 0. The van der Waals surface area contributed by atoms with Crippen LogP contribution in [0.1, 0.15) is 107 Å². The minimum atomic E-state index is -0.525. The topological polar surface area (TPSA) is 194 Å². The van der Waals surface area contributed by atoms with E-state index in [9.17, 15) is 0 Å². The Kier molecular flexibility index (Phi) is 65.6. The minimum Gasteiger partial charge on any atom is -0.379 e. The molecular formula is C58H118O21. The molecular weight excluding hydrogens is 1030 g/mol. The van der Waals surface area contributed by atoms with Gasteiger partial charge < -0.3 is 99.5 Å². The summed E-state index contributed by atoms with van der Waals surface area (Å²) < 4.78 is 127. The molecule has 0 rings (SSSR count). The molecule has 6 atom stereocenters. The first kappa shape index (κ1) is 78.2. The molecule has 0 aromatic carbocycles. The molecule has 0 aliphatic carbocycles. The fraction of sp³-hybridized carbons (Fsp3) is 1.00. The molecule has 0 heterocycles. The third-order valence-corrected chi connectivity index (χ3v) is 10.7. The summed E-state index contributed by atoms with van der Waals surface area (Å²) in [5, 5.41) is 0. The van der Waals surface area contributed by atoms with Crippen LogP contribution in [0, 0.1) is 0 Å². The van der Waals surface area contributed by atoms with Crippen LogP contribution in [0.2, 0.25) is 0 Å². The summed E-state index contributed by atoms with van der Waals surface area (Å²) in [6.45, 7) is 32.1. The molecule has 0 aromatic rings. The van der Waals surface area contributed by atoms with Crippen LogP contribution in [0.3, 0.4) is 0 Å². The predicted octanol–water partition coefficient (Wildman–Crippen LogP) is 6.83. The van der Waals surface area contributed by atoms with Gasteiger partial charge in [-0.3, -0.25) is 0 Å². The molecule has 0 bridgehead atoms. The second-order valence-corrected chi connectivity index (χ2v) is 18.7. The molecule has 0 fully saturated rings. The van der Waals surface area contributed by atoms with Gasteiger partial charge in [0.1, 0.15) is 36.6 Å². The summed E-state index contributed by atoms with van der Waals surface area (Å²) in [5.41, 5.74) is 0. The van der Waals surface area contributed by atoms with E-state index in [1.165, 1.54) is 0 Å². The maximum absolute atomic E-state index is 6.58. The second-order valence-electron chi connectivity index (χ2n) is 18.7. The Morgan fingerprint density at radius 2 is 0.291 bits per heavy atom. The van der Waals surface area contributed by atoms with Crippen molar-refractivity contribution in [3.8, 4) is 0 Å². The van der Waals surface area contributed by atoms with Crippen LogP contribution in [0.15, 0.2) is 0 Å². The molecule has 0 aliphatic rings. The highest BCUT2D eigenvalue weighted by molar-refractivity contribution is 4.67. The quantitative estimate of drug-likeness (QED) is 0.0575. The van der Waals surface area contributed by atoms with Crippen molar-refractivity contribution in [3.05, 3.63) is 0 Å². The van der Waals surface area contributed by atoms with Crippen molar-refractivity contribution < 1.29 is 99.5 Å². The van der Waals surface area contributed by atoms with Crippen LogP contribution < -0.4 is 0 Å². The standard InChI is InChI=1S/C58H118O21/c1-9-17-59-25-29-67-41-53(74-37-33-63-21-13-5)45-71-47-55(78-51-57(76-39-35-65-23-15-7)43-69-31-27-61-19-11-3)49-73-50-56(79-52-58(77-40-36-66-24-16-8)44-70-32-28-62-20-12-4)48-72-46-54(75-38-34-64-22-14-6)42-68-30-26-60-18-10-2/h53-58H,9-52H2,1-8H3. The average Bonchev–Trinajstić information content (AvgIpc) is 3.45. The first-order valence-electron chi connectivity index (χ1n) is 30.4. The lowest BCUT2D eigenvalue weighted by Crippen LogP contribution is -2.37. The van der Waals surface area contributed by atoms with E-state index < -0.39 is 24.4 Å². The molecule has 476 valence electrons. The van der Waals surface area contributed by atoms with E-state index in [1.54, 1.807) is 0 Å². The molecule has 79 heavy (non-hydrogen) atoms. The zero-order chi connectivity index (χ0) is 57.4. The minimum absolute atomic E-state index is 0.159. The number of ether oxygens (including phenoxy) is 21. The molecule has 0 radical (unpaired) electrons. The summed E-state index contributed by atoms with van der Waals surface area (Å²) in [6.07, 6.45) is 4.93. The van der Waals surface area contributed by atoms with Crippen molar-refractivity contribution in [2.45, 2.75) is 143 Å². The van der Waals surface area contributed by atoms with Gasteiger partial charge in [0.05, 0.1) is 185 Å². The lowest BCUT2D eigenvalue weighted by molar-refractivity contribution is -0.144. The number of rotatable bonds is 70. The second kappa shape index (κ2) is 66.3. The molecule has 0 spiro atoms. The highest BCUT2D eigenvalue weighted by Gasteiger charge is 2.22. The fourth-order valence-electron chi connectivity index (χ4n) is 6.74. The summed E-state index contributed by atoms with van der Waals surface area (Å²) in [5.74, 6) is 0. The Labute approximate surface area is 479 Å². The molecule has 0 N–H and O–H groups in total. The monoisotopic (exact) mass is 1150 g/mol. The van der Waals surface area contributed by atoms with E-state index in [0.717, 1.165) is 51.4 Å². The van der Waals surface area contributed by atoms with Gasteiger partial charge in [-0.1, -0.05) is 55.4 Å². The summed E-state index contributed by atoms with van der Waals surface area (Å²) in [6, 6.07) is 0. The third kappa shape index (κ3) is 57.4. The van der Waals surface area contributed by atoms with Crippen molar-refractivity contribution in [1.82, 2.24) is 0 Å². The normalized spacial score (nSPS) is 14.3. The fourth-order valence-corrected chi connectivity index (χ4v) is 6.74. The largest absolute Gasteiger partial charge is 0.379 e. The summed E-state index contributed by atoms with van der Waals surface area (Å²) >= 11 is 0. The van der Waals surface area contributed by atoms with E-state index in [-0.39, 0.29) is 65.1 Å². The van der Waals surface area contributed by atoms with Gasteiger partial charge in [-0.15, -0.1) is 0 Å². The Morgan fingerprint density at radius 1 is 0.139 bits per heavy atom. The molecule has 0 saturated heterocycles. The summed E-state index contributed by atoms with van der Waals surface area (Å²) in [7, 11) is 0. The highest BCUT2D eigenvalue weighted by Crippen LogP contribution is 2.09. The van der Waals surface area contributed by atoms with Gasteiger partial charge in [0.15, 0.2) is 0 Å². The van der Waals surface area contributed by atoms with E-state index in [4.69, 9.17) is 99.5 Å². The van der Waals surface area contributed by atoms with Crippen LogP contribution in [0.4, 0.5) is 0 Å². The van der Waals surface area contributed by atoms with Crippen LogP contribution in [0.5, 0.6) is 0 Å². The van der Waals surface area contributed by atoms with E-state index in [2.05, 4.69) is 55.4 Å². The molecule has 0 aliphatic heterocycles. The van der Waals surface area contributed by atoms with Gasteiger partial charge in [0.25, 0.3) is 0 Å². The number of hydrogen-bond acceptors (Lipinski definition) is 21. The third-order valence-electron chi connectivity index (χ3n) is 10.7. The molecule has 0 aromatic heterocycles. The van der Waals surface area contributed by atoms with Gasteiger partial charge in [-0.2, -0.15) is 0 Å². The highest BCUT2D eigenvalue weighted by atomic mass is 16.6. The Morgan fingerprint density at radius 3 is 0.494 bits per heavy atom. The van der Waals surface area contributed by atoms with Gasteiger partial charge in [-0.25, -0.2) is 0 Å². The first-order valence-corrected chi connectivity index (χ1v) is 30.4. The lowest BCUT2D eigenvalue weighted by Gasteiger charge is -2.26. The first-order chi connectivity index (χ1) is 39.0. The van der Waals surface area contributed by atoms with Crippen molar-refractivity contribution >= 4 is 0 Å². The lowest BCUT2D eigenvalue weighted by atomic mass is 10.3. The Balaban J connectivity index is 6.45. The van der Waals surface area contributed by atoms with Gasteiger partial charge in [-0.05, 0) is 51.4 Å². The zero-order valence-corrected chi connectivity index (χ0v) is 51.2. The van der Waals surface area contributed by atoms with E-state index >= 15 is 0 Å². The van der Waals surface area contributed by atoms with Crippen LogP contribution in [-0.2, 0) is 99.5 Å². The van der Waals surface area contributed by atoms with Gasteiger partial charge >= 0.3 is 0 Å². The zero-order valence-electron chi connectivity index (χ0n) is 51.2. The maximum Gasteiger partial charge on any atom is 0.104 e. The van der Waals surface area contributed by atoms with Gasteiger partial charge in [0, 0.05) is 52.9 Å². The SMILES string of the molecule is CCCOCCOCC(COCC(COCC(COCC(COCCOCCC)OCCOCCC)OCC(COCCOCCC)OCCOCCC)OCC(COCCOCCC)OCCOCCC)OCCOCCC. The predicted molar refractivity (Wildman–Crippen MR) is 303 cm³/mol. The van der Waals surface area contributed by atoms with Crippen LogP contribution >= 0.6 is 0 Å². The van der Waals surface area contributed by atoms with Crippen molar-refractivity contribution in [2.75, 3.05) is 238 Å². The molecule has 21 nitrogen and oxygen atoms in total. The van der Waals surface area contributed by atoms with E-state index in [1.807, 2.05) is 0 Å². The summed E-state index contributed by atoms with van der Waals surface area (Å²) in [4.78, 5) is 0. The van der Waals surface area contributed by atoms with Crippen molar-refractivity contribution in [3.63, 3.8) is 0 Å². The van der Waals surface area contributed by atoms with E-state index in [0.29, 0.717) is 185 Å².